The summed E-state index contributed by atoms with van der Waals surface area (Å²) in [5, 5.41) is 31.1. The quantitative estimate of drug-likeness (QED) is 0.428. The summed E-state index contributed by atoms with van der Waals surface area (Å²) in [6.45, 7) is -3.09. The smallest absolute Gasteiger partial charge is 0.280 e. The van der Waals surface area contributed by atoms with E-state index in [2.05, 4.69) is 20.3 Å². The lowest BCUT2D eigenvalue weighted by Gasteiger charge is -2.16. The van der Waals surface area contributed by atoms with Gasteiger partial charge in [0.05, 0.1) is 12.9 Å². The standard InChI is InChI=1S/C11H15N5O5/c1-12-11-14-8-5(9(20)15-11)13-3-16(8)10-7(19)6(18)4(2-17)21-10/h3-4,6-7,10,17-19H,2H2,1H3,(H2,12,14,15,20)/t4-,6?,7+,10-/m1/s1/i1D3. The first-order chi connectivity index (χ1) is 11.2. The van der Waals surface area contributed by atoms with E-state index in [1.165, 1.54) is 10.9 Å². The molecule has 0 bridgehead atoms. The van der Waals surface area contributed by atoms with Crippen LogP contribution in [-0.4, -0.2) is 66.7 Å². The highest BCUT2D eigenvalue weighted by Crippen LogP contribution is 2.30. The minimum atomic E-state index is -2.57. The van der Waals surface area contributed by atoms with E-state index in [1.807, 2.05) is 0 Å². The van der Waals surface area contributed by atoms with Gasteiger partial charge in [-0.2, -0.15) is 4.98 Å². The number of aromatic amines is 1. The van der Waals surface area contributed by atoms with E-state index in [9.17, 15) is 15.0 Å². The summed E-state index contributed by atoms with van der Waals surface area (Å²) >= 11 is 0. The molecule has 0 saturated carbocycles. The minimum absolute atomic E-state index is 0.0414. The van der Waals surface area contributed by atoms with Crippen LogP contribution in [0.15, 0.2) is 11.1 Å². The van der Waals surface area contributed by atoms with Crippen molar-refractivity contribution in [2.75, 3.05) is 18.9 Å². The Bertz CT molecular complexity index is 805. The third-order valence-electron chi connectivity index (χ3n) is 3.34. The monoisotopic (exact) mass is 300 g/mol. The summed E-state index contributed by atoms with van der Waals surface area (Å²) in [6.07, 6.45) is -3.70. The summed E-state index contributed by atoms with van der Waals surface area (Å²) in [5.41, 5.74) is -0.818. The van der Waals surface area contributed by atoms with Gasteiger partial charge in [0.25, 0.3) is 5.56 Å². The number of aliphatic hydroxyl groups excluding tert-OH is 3. The van der Waals surface area contributed by atoms with Gasteiger partial charge in [0.15, 0.2) is 17.4 Å². The van der Waals surface area contributed by atoms with Crippen LogP contribution in [0.3, 0.4) is 0 Å². The molecule has 1 aliphatic rings. The fourth-order valence-electron chi connectivity index (χ4n) is 2.28. The topological polar surface area (TPSA) is 146 Å². The summed E-state index contributed by atoms with van der Waals surface area (Å²) in [4.78, 5) is 22.1. The Labute approximate surface area is 122 Å². The lowest BCUT2D eigenvalue weighted by atomic mass is 10.1. The number of aromatic nitrogens is 4. The minimum Gasteiger partial charge on any atom is -0.394 e. The zero-order chi connectivity index (χ0) is 17.6. The van der Waals surface area contributed by atoms with Gasteiger partial charge in [-0.3, -0.25) is 14.3 Å². The Hall–Kier alpha value is -2.01. The number of imidazole rings is 1. The van der Waals surface area contributed by atoms with Crippen LogP contribution in [0.1, 0.15) is 10.3 Å². The Morgan fingerprint density at radius 1 is 1.57 bits per heavy atom. The van der Waals surface area contributed by atoms with Gasteiger partial charge < -0.3 is 25.4 Å². The molecule has 0 radical (unpaired) electrons. The first kappa shape index (κ1) is 10.7. The second kappa shape index (κ2) is 5.07. The van der Waals surface area contributed by atoms with Crippen LogP contribution < -0.4 is 10.9 Å². The molecule has 4 atom stereocenters. The molecule has 10 nitrogen and oxygen atoms in total. The summed E-state index contributed by atoms with van der Waals surface area (Å²) < 4.78 is 28.0. The molecule has 1 aliphatic heterocycles. The number of ether oxygens (including phenoxy) is 1. The number of rotatable bonds is 3. The number of hydrogen-bond donors (Lipinski definition) is 5. The molecule has 0 aliphatic carbocycles. The number of aliphatic hydroxyl groups is 3. The molecule has 0 amide bonds. The van der Waals surface area contributed by atoms with Crippen molar-refractivity contribution in [2.45, 2.75) is 24.5 Å². The van der Waals surface area contributed by atoms with Crippen molar-refractivity contribution >= 4 is 17.1 Å². The highest BCUT2D eigenvalue weighted by atomic mass is 16.6. The largest absolute Gasteiger partial charge is 0.394 e. The van der Waals surface area contributed by atoms with Crippen LogP contribution in [0.5, 0.6) is 0 Å². The molecule has 1 unspecified atom stereocenters. The molecule has 1 saturated heterocycles. The van der Waals surface area contributed by atoms with Gasteiger partial charge in [0.1, 0.15) is 18.3 Å². The van der Waals surface area contributed by atoms with Gasteiger partial charge in [0, 0.05) is 11.1 Å². The van der Waals surface area contributed by atoms with Crippen molar-refractivity contribution in [1.82, 2.24) is 19.5 Å². The average Bonchev–Trinajstić information content (AvgIpc) is 3.00. The molecule has 0 spiro atoms. The van der Waals surface area contributed by atoms with E-state index in [0.717, 1.165) is 0 Å². The average molecular weight is 300 g/mol. The fraction of sp³-hybridized carbons (Fsp3) is 0.545. The fourth-order valence-corrected chi connectivity index (χ4v) is 2.28. The number of nitrogens with zero attached hydrogens (tertiary/aromatic N) is 3. The Balaban J connectivity index is 2.05. The SMILES string of the molecule is [2H]C([2H])([2H])Nc1nc2c(ncn2[C@@H]2O[C@H](CO)C(O)[C@@H]2O)c(=O)[nH]1. The maximum Gasteiger partial charge on any atom is 0.280 e. The molecule has 114 valence electrons. The normalized spacial score (nSPS) is 31.9. The maximum absolute atomic E-state index is 12.0. The number of nitrogens with one attached hydrogen (secondary N) is 2. The van der Waals surface area contributed by atoms with Crippen LogP contribution in [0.2, 0.25) is 0 Å². The molecule has 3 rings (SSSR count). The van der Waals surface area contributed by atoms with E-state index in [1.54, 1.807) is 0 Å². The number of anilines is 1. The summed E-state index contributed by atoms with van der Waals surface area (Å²) in [5.74, 6) is -0.305. The van der Waals surface area contributed by atoms with Crippen LogP contribution in [-0.2, 0) is 4.74 Å². The van der Waals surface area contributed by atoms with Crippen LogP contribution >= 0.6 is 0 Å². The maximum atomic E-state index is 12.0. The van der Waals surface area contributed by atoms with Crippen molar-refractivity contribution in [1.29, 1.82) is 0 Å². The molecule has 1 fully saturated rings. The molecule has 10 heteroatoms. The lowest BCUT2D eigenvalue weighted by Crippen LogP contribution is -2.33. The van der Waals surface area contributed by atoms with E-state index in [-0.39, 0.29) is 17.1 Å². The molecular weight excluding hydrogens is 282 g/mol. The van der Waals surface area contributed by atoms with Crippen molar-refractivity contribution in [2.24, 2.45) is 0 Å². The zero-order valence-corrected chi connectivity index (χ0v) is 10.6. The van der Waals surface area contributed by atoms with Gasteiger partial charge >= 0.3 is 0 Å². The van der Waals surface area contributed by atoms with Crippen molar-refractivity contribution in [3.05, 3.63) is 16.7 Å². The highest BCUT2D eigenvalue weighted by Gasteiger charge is 2.44. The predicted octanol–water partition coefficient (Wildman–Crippen LogP) is -2.23. The Morgan fingerprint density at radius 3 is 3.05 bits per heavy atom. The molecule has 2 aromatic heterocycles. The Morgan fingerprint density at radius 2 is 2.38 bits per heavy atom. The summed E-state index contributed by atoms with van der Waals surface area (Å²) in [7, 11) is 0. The van der Waals surface area contributed by atoms with E-state index in [4.69, 9.17) is 14.0 Å². The van der Waals surface area contributed by atoms with E-state index < -0.39 is 43.7 Å². The Kier molecular flexibility index (Phi) is 2.58. The second-order valence-corrected chi connectivity index (χ2v) is 4.59. The van der Waals surface area contributed by atoms with Crippen molar-refractivity contribution in [3.8, 4) is 0 Å². The predicted molar refractivity (Wildman–Crippen MR) is 70.7 cm³/mol. The molecule has 3 heterocycles. The van der Waals surface area contributed by atoms with Crippen molar-refractivity contribution in [3.63, 3.8) is 0 Å². The zero-order valence-electron chi connectivity index (χ0n) is 13.6. The third kappa shape index (κ3) is 2.08. The number of H-pyrrole nitrogens is 1. The van der Waals surface area contributed by atoms with Gasteiger partial charge in [-0.1, -0.05) is 0 Å². The van der Waals surface area contributed by atoms with E-state index in [0.29, 0.717) is 0 Å². The summed E-state index contributed by atoms with van der Waals surface area (Å²) in [6, 6.07) is 0. The van der Waals surface area contributed by atoms with Gasteiger partial charge in [0.2, 0.25) is 5.95 Å². The van der Waals surface area contributed by atoms with Gasteiger partial charge in [-0.15, -0.1) is 0 Å². The molecular formula is C11H15N5O5. The molecule has 21 heavy (non-hydrogen) atoms. The first-order valence-corrected chi connectivity index (χ1v) is 6.09. The third-order valence-corrected chi connectivity index (χ3v) is 3.34. The van der Waals surface area contributed by atoms with E-state index >= 15 is 0 Å². The second-order valence-electron chi connectivity index (χ2n) is 4.59. The van der Waals surface area contributed by atoms with Crippen LogP contribution in [0.25, 0.3) is 11.2 Å². The molecule has 5 N–H and O–H groups in total. The van der Waals surface area contributed by atoms with Gasteiger partial charge in [-0.25, -0.2) is 4.98 Å². The van der Waals surface area contributed by atoms with Crippen LogP contribution in [0.4, 0.5) is 5.95 Å². The molecule has 2 aromatic rings. The van der Waals surface area contributed by atoms with Gasteiger partial charge in [-0.05, 0) is 0 Å². The highest BCUT2D eigenvalue weighted by molar-refractivity contribution is 5.70. The number of fused-ring (bicyclic) bond motifs is 1. The van der Waals surface area contributed by atoms with Crippen LogP contribution in [0, 0.1) is 0 Å². The number of hydrogen-bond acceptors (Lipinski definition) is 8. The molecule has 0 aromatic carbocycles. The lowest BCUT2D eigenvalue weighted by molar-refractivity contribution is -0.0511. The first-order valence-electron chi connectivity index (χ1n) is 7.59. The van der Waals surface area contributed by atoms with Crippen molar-refractivity contribution < 1.29 is 24.2 Å².